The van der Waals surface area contributed by atoms with Gasteiger partial charge in [0.05, 0.1) is 13.3 Å². The van der Waals surface area contributed by atoms with Crippen LogP contribution in [0.2, 0.25) is 0 Å². The minimum absolute atomic E-state index is 0.558. The van der Waals surface area contributed by atoms with Gasteiger partial charge in [-0.05, 0) is 38.2 Å². The van der Waals surface area contributed by atoms with Gasteiger partial charge >= 0.3 is 0 Å². The van der Waals surface area contributed by atoms with Crippen LogP contribution < -0.4 is 10.5 Å². The van der Waals surface area contributed by atoms with Crippen LogP contribution in [0.15, 0.2) is 24.4 Å². The van der Waals surface area contributed by atoms with E-state index < -0.39 is 0 Å². The van der Waals surface area contributed by atoms with Crippen molar-refractivity contribution in [2.24, 2.45) is 0 Å². The Morgan fingerprint density at radius 3 is 2.68 bits per heavy atom. The van der Waals surface area contributed by atoms with Crippen LogP contribution in [0.4, 0.5) is 5.82 Å². The van der Waals surface area contributed by atoms with Gasteiger partial charge in [0.15, 0.2) is 0 Å². The Kier molecular flexibility index (Phi) is 4.06. The summed E-state index contributed by atoms with van der Waals surface area (Å²) in [5, 5.41) is 6.72. The molecule has 0 spiro atoms. The molecule has 0 aliphatic heterocycles. The molecule has 0 unspecified atom stereocenters. The first-order valence-electron chi connectivity index (χ1n) is 6.22. The fraction of sp³-hybridized carbons (Fsp3) is 0.357. The predicted molar refractivity (Wildman–Crippen MR) is 77.2 cm³/mol. The summed E-state index contributed by atoms with van der Waals surface area (Å²) in [5.41, 5.74) is 9.00. The average Bonchev–Trinajstić information content (AvgIpc) is 2.82. The topological polar surface area (TPSA) is 67.2 Å². The summed E-state index contributed by atoms with van der Waals surface area (Å²) in [6.07, 6.45) is 2.71. The summed E-state index contributed by atoms with van der Waals surface area (Å²) in [5.74, 6) is 1.37. The van der Waals surface area contributed by atoms with Crippen LogP contribution in [-0.4, -0.2) is 42.8 Å². The van der Waals surface area contributed by atoms with Gasteiger partial charge < -0.3 is 15.4 Å². The number of nitrogen functional groups attached to an aromatic ring is 1. The first-order valence-corrected chi connectivity index (χ1v) is 6.22. The van der Waals surface area contributed by atoms with Gasteiger partial charge in [-0.2, -0.15) is 5.10 Å². The maximum Gasteiger partial charge on any atom is 0.126 e. The van der Waals surface area contributed by atoms with Crippen LogP contribution in [0.25, 0.3) is 11.1 Å². The van der Waals surface area contributed by atoms with Gasteiger partial charge in [-0.15, -0.1) is 0 Å². The number of methoxy groups -OCH3 is 1. The van der Waals surface area contributed by atoms with Gasteiger partial charge in [0.25, 0.3) is 0 Å². The predicted octanol–water partition coefficient (Wildman–Crippen LogP) is 1.77. The SMILES string of the molecule is COc1ccc(CCN(C)C)cc1-c1cn[nH]c1N. The van der Waals surface area contributed by atoms with Crippen molar-refractivity contribution < 1.29 is 4.74 Å². The molecule has 0 amide bonds. The summed E-state index contributed by atoms with van der Waals surface area (Å²) in [4.78, 5) is 2.16. The van der Waals surface area contributed by atoms with Crippen molar-refractivity contribution in [1.29, 1.82) is 0 Å². The van der Waals surface area contributed by atoms with E-state index in [0.717, 1.165) is 29.8 Å². The molecule has 0 atom stereocenters. The van der Waals surface area contributed by atoms with E-state index in [1.807, 2.05) is 6.07 Å². The van der Waals surface area contributed by atoms with Crippen molar-refractivity contribution in [3.05, 3.63) is 30.0 Å². The first kappa shape index (κ1) is 13.4. The number of aromatic amines is 1. The molecular formula is C14H20N4O. The molecule has 0 saturated carbocycles. The zero-order valence-electron chi connectivity index (χ0n) is 11.6. The number of anilines is 1. The van der Waals surface area contributed by atoms with E-state index in [2.05, 4.69) is 41.3 Å². The monoisotopic (exact) mass is 260 g/mol. The smallest absolute Gasteiger partial charge is 0.126 e. The second kappa shape index (κ2) is 5.75. The number of nitrogens with one attached hydrogen (secondary N) is 1. The van der Waals surface area contributed by atoms with E-state index in [9.17, 15) is 0 Å². The number of hydrogen-bond donors (Lipinski definition) is 2. The van der Waals surface area contributed by atoms with Crippen molar-refractivity contribution in [3.63, 3.8) is 0 Å². The summed E-state index contributed by atoms with van der Waals surface area (Å²) >= 11 is 0. The third-order valence-corrected chi connectivity index (χ3v) is 3.07. The Balaban J connectivity index is 2.35. The van der Waals surface area contributed by atoms with Crippen LogP contribution in [0.3, 0.4) is 0 Å². The molecule has 0 aliphatic rings. The van der Waals surface area contributed by atoms with Crippen LogP contribution in [0.5, 0.6) is 5.75 Å². The molecule has 0 bridgehead atoms. The highest BCUT2D eigenvalue weighted by molar-refractivity contribution is 5.78. The highest BCUT2D eigenvalue weighted by Gasteiger charge is 2.11. The largest absolute Gasteiger partial charge is 0.496 e. The molecule has 19 heavy (non-hydrogen) atoms. The van der Waals surface area contributed by atoms with Gasteiger partial charge in [0.1, 0.15) is 11.6 Å². The van der Waals surface area contributed by atoms with Gasteiger partial charge in [-0.25, -0.2) is 0 Å². The van der Waals surface area contributed by atoms with Crippen molar-refractivity contribution in [3.8, 4) is 16.9 Å². The molecule has 1 aromatic heterocycles. The Bertz CT molecular complexity index is 548. The Hall–Kier alpha value is -2.01. The van der Waals surface area contributed by atoms with E-state index >= 15 is 0 Å². The zero-order valence-corrected chi connectivity index (χ0v) is 11.6. The summed E-state index contributed by atoms with van der Waals surface area (Å²) in [6, 6.07) is 6.18. The highest BCUT2D eigenvalue weighted by Crippen LogP contribution is 2.33. The molecule has 2 aromatic rings. The summed E-state index contributed by atoms with van der Waals surface area (Å²) in [6.45, 7) is 1.01. The maximum absolute atomic E-state index is 5.89. The molecule has 102 valence electrons. The number of nitrogens with two attached hydrogens (primary N) is 1. The lowest BCUT2D eigenvalue weighted by molar-refractivity contribution is 0.411. The number of rotatable bonds is 5. The molecule has 1 heterocycles. The number of ether oxygens (including phenoxy) is 1. The fourth-order valence-electron chi connectivity index (χ4n) is 1.98. The van der Waals surface area contributed by atoms with Crippen molar-refractivity contribution >= 4 is 5.82 Å². The Labute approximate surface area is 113 Å². The van der Waals surface area contributed by atoms with E-state index in [1.54, 1.807) is 13.3 Å². The van der Waals surface area contributed by atoms with E-state index in [4.69, 9.17) is 10.5 Å². The van der Waals surface area contributed by atoms with Crippen molar-refractivity contribution in [2.75, 3.05) is 33.5 Å². The lowest BCUT2D eigenvalue weighted by Crippen LogP contribution is -2.15. The van der Waals surface area contributed by atoms with Gasteiger partial charge in [0.2, 0.25) is 0 Å². The molecule has 0 saturated heterocycles. The van der Waals surface area contributed by atoms with Crippen LogP contribution in [0.1, 0.15) is 5.56 Å². The first-order chi connectivity index (χ1) is 9.11. The number of hydrogen-bond acceptors (Lipinski definition) is 4. The third-order valence-electron chi connectivity index (χ3n) is 3.07. The van der Waals surface area contributed by atoms with E-state index in [1.165, 1.54) is 5.56 Å². The Morgan fingerprint density at radius 2 is 2.11 bits per heavy atom. The minimum Gasteiger partial charge on any atom is -0.496 e. The van der Waals surface area contributed by atoms with Crippen molar-refractivity contribution in [1.82, 2.24) is 15.1 Å². The number of H-pyrrole nitrogens is 1. The second-order valence-electron chi connectivity index (χ2n) is 4.79. The highest BCUT2D eigenvalue weighted by atomic mass is 16.5. The van der Waals surface area contributed by atoms with Gasteiger partial charge in [-0.1, -0.05) is 6.07 Å². The lowest BCUT2D eigenvalue weighted by Gasteiger charge is -2.12. The summed E-state index contributed by atoms with van der Waals surface area (Å²) < 4.78 is 5.40. The van der Waals surface area contributed by atoms with E-state index in [0.29, 0.717) is 5.82 Å². The molecule has 2 rings (SSSR count). The fourth-order valence-corrected chi connectivity index (χ4v) is 1.98. The molecule has 0 aliphatic carbocycles. The van der Waals surface area contributed by atoms with Crippen LogP contribution >= 0.6 is 0 Å². The molecule has 3 N–H and O–H groups in total. The molecule has 0 fully saturated rings. The summed E-state index contributed by atoms with van der Waals surface area (Å²) in [7, 11) is 5.80. The normalized spacial score (nSPS) is 10.9. The molecule has 5 heteroatoms. The molecule has 5 nitrogen and oxygen atoms in total. The minimum atomic E-state index is 0.558. The maximum atomic E-state index is 5.89. The second-order valence-corrected chi connectivity index (χ2v) is 4.79. The number of nitrogens with zero attached hydrogens (tertiary/aromatic N) is 2. The van der Waals surface area contributed by atoms with Crippen molar-refractivity contribution in [2.45, 2.75) is 6.42 Å². The van der Waals surface area contributed by atoms with E-state index in [-0.39, 0.29) is 0 Å². The Morgan fingerprint density at radius 1 is 1.32 bits per heavy atom. The van der Waals surface area contributed by atoms with Gasteiger partial charge in [-0.3, -0.25) is 5.10 Å². The van der Waals surface area contributed by atoms with Crippen LogP contribution in [-0.2, 0) is 6.42 Å². The number of benzene rings is 1. The standard InChI is InChI=1S/C14H20N4O/c1-18(2)7-6-10-4-5-13(19-3)11(8-10)12-9-16-17-14(12)15/h4-5,8-9H,6-7H2,1-3H3,(H3,15,16,17). The number of likely N-dealkylation sites (N-methyl/N-ethyl adjacent to an activating group) is 1. The van der Waals surface area contributed by atoms with Crippen LogP contribution in [0, 0.1) is 0 Å². The quantitative estimate of drug-likeness (QED) is 0.860. The zero-order chi connectivity index (χ0) is 13.8. The molecular weight excluding hydrogens is 240 g/mol. The third kappa shape index (κ3) is 3.06. The number of aromatic nitrogens is 2. The average molecular weight is 260 g/mol. The molecule has 0 radical (unpaired) electrons. The lowest BCUT2D eigenvalue weighted by atomic mass is 10.0. The molecule has 1 aromatic carbocycles. The van der Waals surface area contributed by atoms with Gasteiger partial charge in [0, 0.05) is 17.7 Å².